The van der Waals surface area contributed by atoms with Gasteiger partial charge in [0.05, 0.1) is 6.26 Å². The summed E-state index contributed by atoms with van der Waals surface area (Å²) in [5.41, 5.74) is 1.44. The molecule has 3 aliphatic heterocycles. The van der Waals surface area contributed by atoms with Crippen LogP contribution in [0.2, 0.25) is 0 Å². The zero-order valence-electron chi connectivity index (χ0n) is 16.5. The maximum atomic E-state index is 13.2. The summed E-state index contributed by atoms with van der Waals surface area (Å²) in [5, 5.41) is 0. The van der Waals surface area contributed by atoms with Gasteiger partial charge in [0.15, 0.2) is 11.5 Å². The van der Waals surface area contributed by atoms with Crippen molar-refractivity contribution in [2.24, 2.45) is 0 Å². The largest absolute Gasteiger partial charge is 0.454 e. The second-order valence-electron chi connectivity index (χ2n) is 7.54. The molecule has 0 saturated carbocycles. The summed E-state index contributed by atoms with van der Waals surface area (Å²) in [6.07, 6.45) is -2.23. The fourth-order valence-electron chi connectivity index (χ4n) is 4.11. The van der Waals surface area contributed by atoms with Crippen molar-refractivity contribution in [2.75, 3.05) is 19.6 Å². The summed E-state index contributed by atoms with van der Waals surface area (Å²) in [5.74, 6) is -1.24. The monoisotopic (exact) mass is 439 g/mol. The molecule has 1 saturated heterocycles. The molecular weight excluding hydrogens is 418 g/mol. The van der Waals surface area contributed by atoms with Gasteiger partial charge < -0.3 is 19.1 Å². The number of hydrogen-bond acceptors (Lipinski definition) is 9. The Morgan fingerprint density at radius 3 is 2.57 bits per heavy atom. The lowest BCUT2D eigenvalue weighted by Crippen LogP contribution is -2.48. The molecule has 3 heterocycles. The van der Waals surface area contributed by atoms with E-state index in [0.29, 0.717) is 23.5 Å². The van der Waals surface area contributed by atoms with Gasteiger partial charge in [0.2, 0.25) is 12.9 Å². The minimum absolute atomic E-state index is 0.0677. The number of hydrogen-bond donors (Lipinski definition) is 0. The Morgan fingerprint density at radius 2 is 1.90 bits per heavy atom. The summed E-state index contributed by atoms with van der Waals surface area (Å²) in [7, 11) is -4.02. The van der Waals surface area contributed by atoms with Crippen LogP contribution in [0.5, 0.6) is 11.5 Å². The molecule has 0 aliphatic carbocycles. The highest BCUT2D eigenvalue weighted by Gasteiger charge is 2.44. The average molecular weight is 439 g/mol. The van der Waals surface area contributed by atoms with E-state index < -0.39 is 46.5 Å². The first kappa shape index (κ1) is 20.6. The molecule has 11 heteroatoms. The SMILES string of the molecule is CC(=O)O[C@@H]1C(=O)N2CC[C@H](C(=O)C[C@H]1OS(C)(=O)=O)c1cc3c(cc1C2)OCO3. The first-order valence-electron chi connectivity index (χ1n) is 9.42. The topological polar surface area (TPSA) is 126 Å². The normalized spacial score (nSPS) is 25.8. The van der Waals surface area contributed by atoms with Crippen LogP contribution in [0.15, 0.2) is 12.1 Å². The number of nitrogens with zero attached hydrogens (tertiary/aromatic N) is 1. The van der Waals surface area contributed by atoms with Crippen molar-refractivity contribution < 1.29 is 41.2 Å². The number of amides is 1. The number of ether oxygens (including phenoxy) is 3. The van der Waals surface area contributed by atoms with Gasteiger partial charge in [0.1, 0.15) is 11.9 Å². The van der Waals surface area contributed by atoms with Gasteiger partial charge in [-0.05, 0) is 29.7 Å². The quantitative estimate of drug-likeness (QED) is 0.488. The molecule has 30 heavy (non-hydrogen) atoms. The fourth-order valence-corrected chi connectivity index (χ4v) is 4.73. The zero-order valence-corrected chi connectivity index (χ0v) is 17.3. The van der Waals surface area contributed by atoms with Gasteiger partial charge in [0, 0.05) is 32.4 Å². The van der Waals surface area contributed by atoms with Crippen molar-refractivity contribution >= 4 is 27.8 Å². The Labute approximate surface area is 173 Å². The van der Waals surface area contributed by atoms with Crippen molar-refractivity contribution in [3.8, 4) is 11.5 Å². The highest BCUT2D eigenvalue weighted by Crippen LogP contribution is 2.41. The van der Waals surface area contributed by atoms with Crippen LogP contribution in [0.4, 0.5) is 0 Å². The third-order valence-electron chi connectivity index (χ3n) is 5.33. The molecular formula is C19H21NO9S. The van der Waals surface area contributed by atoms with Crippen molar-refractivity contribution in [3.05, 3.63) is 23.3 Å². The van der Waals surface area contributed by atoms with Crippen LogP contribution in [-0.2, 0) is 40.0 Å². The molecule has 3 aliphatic rings. The summed E-state index contributed by atoms with van der Waals surface area (Å²) in [4.78, 5) is 39.5. The first-order chi connectivity index (χ1) is 14.1. The van der Waals surface area contributed by atoms with Crippen molar-refractivity contribution in [2.45, 2.75) is 44.4 Å². The summed E-state index contributed by atoms with van der Waals surface area (Å²) >= 11 is 0. The van der Waals surface area contributed by atoms with Gasteiger partial charge in [0.25, 0.3) is 16.0 Å². The van der Waals surface area contributed by atoms with E-state index in [0.717, 1.165) is 18.7 Å². The lowest BCUT2D eigenvalue weighted by Gasteiger charge is -2.30. The van der Waals surface area contributed by atoms with E-state index in [1.54, 1.807) is 12.1 Å². The molecule has 0 aromatic heterocycles. The smallest absolute Gasteiger partial charge is 0.303 e. The Hall–Kier alpha value is -2.66. The van der Waals surface area contributed by atoms with Crippen molar-refractivity contribution in [1.82, 2.24) is 4.90 Å². The van der Waals surface area contributed by atoms with Crippen LogP contribution in [0.3, 0.4) is 0 Å². The minimum Gasteiger partial charge on any atom is -0.454 e. The molecule has 0 unspecified atom stereocenters. The van der Waals surface area contributed by atoms with Crippen LogP contribution < -0.4 is 9.47 Å². The van der Waals surface area contributed by atoms with E-state index in [2.05, 4.69) is 0 Å². The van der Waals surface area contributed by atoms with Gasteiger partial charge in [-0.25, -0.2) is 0 Å². The molecule has 1 aromatic rings. The van der Waals surface area contributed by atoms with E-state index in [1.807, 2.05) is 0 Å². The van der Waals surface area contributed by atoms with Gasteiger partial charge >= 0.3 is 5.97 Å². The Balaban J connectivity index is 1.80. The summed E-state index contributed by atoms with van der Waals surface area (Å²) in [6, 6.07) is 3.49. The highest BCUT2D eigenvalue weighted by atomic mass is 32.2. The lowest BCUT2D eigenvalue weighted by atomic mass is 9.86. The van der Waals surface area contributed by atoms with E-state index in [-0.39, 0.29) is 25.7 Å². The van der Waals surface area contributed by atoms with E-state index in [1.165, 1.54) is 4.90 Å². The molecule has 4 rings (SSSR count). The maximum absolute atomic E-state index is 13.2. The number of carbonyl (C=O) groups is 3. The highest BCUT2D eigenvalue weighted by molar-refractivity contribution is 7.86. The Bertz CT molecular complexity index is 1020. The van der Waals surface area contributed by atoms with Gasteiger partial charge in [-0.15, -0.1) is 0 Å². The molecule has 0 N–H and O–H groups in total. The fraction of sp³-hybridized carbons (Fsp3) is 0.526. The average Bonchev–Trinajstić information content (AvgIpc) is 3.01. The number of fused-ring (bicyclic) bond motifs is 6. The summed E-state index contributed by atoms with van der Waals surface area (Å²) < 4.78 is 44.6. The van der Waals surface area contributed by atoms with Gasteiger partial charge in [-0.1, -0.05) is 0 Å². The van der Waals surface area contributed by atoms with Crippen LogP contribution >= 0.6 is 0 Å². The molecule has 0 radical (unpaired) electrons. The van der Waals surface area contributed by atoms with Crippen LogP contribution in [0, 0.1) is 0 Å². The maximum Gasteiger partial charge on any atom is 0.303 e. The molecule has 1 aromatic carbocycles. The number of ketones is 1. The zero-order chi connectivity index (χ0) is 21.6. The van der Waals surface area contributed by atoms with Gasteiger partial charge in [-0.3, -0.25) is 18.6 Å². The Kier molecular flexibility index (Phi) is 5.18. The molecule has 0 spiro atoms. The first-order valence-corrected chi connectivity index (χ1v) is 11.2. The predicted octanol–water partition coefficient (Wildman–Crippen LogP) is 0.480. The molecule has 162 valence electrons. The number of benzene rings is 1. The van der Waals surface area contributed by atoms with Crippen LogP contribution in [-0.4, -0.2) is 62.8 Å². The molecule has 1 fully saturated rings. The number of carbonyl (C=O) groups excluding carboxylic acids is 3. The molecule has 1 amide bonds. The number of Topliss-reactive ketones (excluding diaryl/α,β-unsaturated/α-hetero) is 1. The molecule has 10 nitrogen and oxygen atoms in total. The summed E-state index contributed by atoms with van der Waals surface area (Å²) in [6.45, 7) is 1.56. The molecule has 2 bridgehead atoms. The van der Waals surface area contributed by atoms with E-state index in [9.17, 15) is 22.8 Å². The van der Waals surface area contributed by atoms with E-state index >= 15 is 0 Å². The standard InChI is InChI=1S/C19H21NO9S/c1-10(21)28-18-17(29-30(2,24)25)7-14(22)12-3-4-20(19(18)23)8-11-5-15-16(6-13(11)12)27-9-26-15/h5-6,12,17-18H,3-4,7-9H2,1-2H3/t12-,17+,18-/m0/s1. The van der Waals surface area contributed by atoms with Crippen LogP contribution in [0.1, 0.15) is 36.8 Å². The number of rotatable bonds is 3. The Morgan fingerprint density at radius 1 is 1.20 bits per heavy atom. The second-order valence-corrected chi connectivity index (χ2v) is 9.15. The predicted molar refractivity (Wildman–Crippen MR) is 100 cm³/mol. The van der Waals surface area contributed by atoms with Crippen molar-refractivity contribution in [3.63, 3.8) is 0 Å². The molecule has 3 atom stereocenters. The van der Waals surface area contributed by atoms with E-state index in [4.69, 9.17) is 18.4 Å². The van der Waals surface area contributed by atoms with Gasteiger partial charge in [-0.2, -0.15) is 8.42 Å². The lowest BCUT2D eigenvalue weighted by molar-refractivity contribution is -0.165. The number of esters is 1. The van der Waals surface area contributed by atoms with Crippen molar-refractivity contribution in [1.29, 1.82) is 0 Å². The third-order valence-corrected chi connectivity index (χ3v) is 5.93. The second kappa shape index (κ2) is 7.55. The third kappa shape index (κ3) is 3.99. The van der Waals surface area contributed by atoms with Crippen LogP contribution in [0.25, 0.3) is 0 Å². The minimum atomic E-state index is -4.02.